The zero-order valence-corrected chi connectivity index (χ0v) is 9.98. The van der Waals surface area contributed by atoms with Gasteiger partial charge in [-0.05, 0) is 22.6 Å². The highest BCUT2D eigenvalue weighted by Gasteiger charge is 1.97. The Labute approximate surface area is 98.3 Å². The number of nitrogens with two attached hydrogens (primary N) is 1. The van der Waals surface area contributed by atoms with Gasteiger partial charge in [-0.1, -0.05) is 30.3 Å². The Morgan fingerprint density at radius 1 is 1.07 bits per heavy atom. The molecule has 1 nitrogen and oxygen atoms in total. The Morgan fingerprint density at radius 2 is 1.80 bits per heavy atom. The first-order chi connectivity index (χ1) is 7.38. The van der Waals surface area contributed by atoms with Crippen LogP contribution in [0.4, 0.5) is 0 Å². The fourth-order valence-corrected chi connectivity index (χ4v) is 3.01. The molecule has 0 bridgehead atoms. The molecule has 0 aliphatic carbocycles. The highest BCUT2D eigenvalue weighted by Crippen LogP contribution is 2.26. The molecule has 2 rings (SSSR count). The second-order valence-electron chi connectivity index (χ2n) is 3.24. The Hall–Kier alpha value is -0.770. The molecule has 3 heteroatoms. The molecule has 1 heterocycles. The topological polar surface area (TPSA) is 26.0 Å². The van der Waals surface area contributed by atoms with E-state index in [1.54, 1.807) is 11.3 Å². The molecule has 1 aromatic heterocycles. The van der Waals surface area contributed by atoms with E-state index in [-0.39, 0.29) is 0 Å². The third-order valence-corrected chi connectivity index (χ3v) is 4.34. The van der Waals surface area contributed by atoms with Gasteiger partial charge in [0.1, 0.15) is 0 Å². The van der Waals surface area contributed by atoms with Crippen LogP contribution >= 0.6 is 23.1 Å². The third-order valence-electron chi connectivity index (χ3n) is 2.13. The van der Waals surface area contributed by atoms with E-state index in [0.29, 0.717) is 6.54 Å². The lowest BCUT2D eigenvalue weighted by atomic mass is 10.1. The van der Waals surface area contributed by atoms with Crippen molar-refractivity contribution in [3.63, 3.8) is 0 Å². The number of thiophene rings is 1. The molecule has 0 aliphatic rings. The van der Waals surface area contributed by atoms with Crippen molar-refractivity contribution in [2.24, 2.45) is 5.73 Å². The van der Waals surface area contributed by atoms with Crippen molar-refractivity contribution in [3.8, 4) is 0 Å². The lowest BCUT2D eigenvalue weighted by molar-refractivity contribution is 1.07. The number of rotatable bonds is 4. The maximum Gasteiger partial charge on any atom is 0.0601 e. The number of hydrogen-bond acceptors (Lipinski definition) is 3. The summed E-state index contributed by atoms with van der Waals surface area (Å²) in [6, 6.07) is 12.8. The lowest BCUT2D eigenvalue weighted by Gasteiger charge is -2.01. The molecule has 0 radical (unpaired) electrons. The van der Waals surface area contributed by atoms with Gasteiger partial charge in [-0.15, -0.1) is 23.1 Å². The summed E-state index contributed by atoms with van der Waals surface area (Å²) < 4.78 is 1.37. The minimum atomic E-state index is 0.623. The SMILES string of the molecule is NCc1ccc(CSc2cccs2)cc1. The molecule has 0 amide bonds. The van der Waals surface area contributed by atoms with Crippen LogP contribution < -0.4 is 5.73 Å². The molecular formula is C12H13NS2. The average Bonchev–Trinajstić information content (AvgIpc) is 2.80. The van der Waals surface area contributed by atoms with E-state index in [1.165, 1.54) is 15.3 Å². The minimum absolute atomic E-state index is 0.623. The van der Waals surface area contributed by atoms with E-state index in [4.69, 9.17) is 5.73 Å². The van der Waals surface area contributed by atoms with Crippen LogP contribution in [0.5, 0.6) is 0 Å². The van der Waals surface area contributed by atoms with Gasteiger partial charge in [0.25, 0.3) is 0 Å². The van der Waals surface area contributed by atoms with Crippen molar-refractivity contribution in [3.05, 3.63) is 52.9 Å². The van der Waals surface area contributed by atoms with Gasteiger partial charge in [0, 0.05) is 12.3 Å². The van der Waals surface area contributed by atoms with Gasteiger partial charge in [0.2, 0.25) is 0 Å². The van der Waals surface area contributed by atoms with Crippen molar-refractivity contribution >= 4 is 23.1 Å². The molecule has 0 fully saturated rings. The zero-order chi connectivity index (χ0) is 10.5. The molecule has 1 aromatic carbocycles. The lowest BCUT2D eigenvalue weighted by Crippen LogP contribution is -1.95. The van der Waals surface area contributed by atoms with Gasteiger partial charge in [-0.2, -0.15) is 0 Å². The van der Waals surface area contributed by atoms with Crippen molar-refractivity contribution in [2.45, 2.75) is 16.5 Å². The summed E-state index contributed by atoms with van der Waals surface area (Å²) in [7, 11) is 0. The van der Waals surface area contributed by atoms with Gasteiger partial charge in [0.05, 0.1) is 4.21 Å². The maximum atomic E-state index is 5.55. The van der Waals surface area contributed by atoms with Gasteiger partial charge < -0.3 is 5.73 Å². The van der Waals surface area contributed by atoms with E-state index in [1.807, 2.05) is 11.8 Å². The van der Waals surface area contributed by atoms with Crippen LogP contribution in [0.25, 0.3) is 0 Å². The van der Waals surface area contributed by atoms with E-state index in [0.717, 1.165) is 5.75 Å². The maximum absolute atomic E-state index is 5.55. The van der Waals surface area contributed by atoms with Crippen LogP contribution in [0.2, 0.25) is 0 Å². The van der Waals surface area contributed by atoms with Crippen LogP contribution in [-0.4, -0.2) is 0 Å². The van der Waals surface area contributed by atoms with Crippen molar-refractivity contribution in [2.75, 3.05) is 0 Å². The van der Waals surface area contributed by atoms with Crippen molar-refractivity contribution in [1.29, 1.82) is 0 Å². The Bertz CT molecular complexity index is 392. The van der Waals surface area contributed by atoms with Crippen LogP contribution in [-0.2, 0) is 12.3 Å². The van der Waals surface area contributed by atoms with Gasteiger partial charge >= 0.3 is 0 Å². The molecule has 0 saturated carbocycles. The molecule has 15 heavy (non-hydrogen) atoms. The Balaban J connectivity index is 1.93. The number of benzene rings is 1. The standard InChI is InChI=1S/C12H13NS2/c13-8-10-3-5-11(6-4-10)9-15-12-2-1-7-14-12/h1-7H,8-9,13H2. The third kappa shape index (κ3) is 3.09. The molecule has 2 aromatic rings. The molecule has 0 unspecified atom stereocenters. The summed E-state index contributed by atoms with van der Waals surface area (Å²) >= 11 is 3.67. The normalized spacial score (nSPS) is 10.5. The van der Waals surface area contributed by atoms with E-state index >= 15 is 0 Å². The van der Waals surface area contributed by atoms with Crippen molar-refractivity contribution < 1.29 is 0 Å². The fraction of sp³-hybridized carbons (Fsp3) is 0.167. The Kier molecular flexibility index (Phi) is 3.83. The highest BCUT2D eigenvalue weighted by atomic mass is 32.2. The van der Waals surface area contributed by atoms with Gasteiger partial charge in [-0.25, -0.2) is 0 Å². The van der Waals surface area contributed by atoms with E-state index in [9.17, 15) is 0 Å². The second-order valence-corrected chi connectivity index (χ2v) is 5.46. The second kappa shape index (κ2) is 5.35. The molecule has 0 atom stereocenters. The highest BCUT2D eigenvalue weighted by molar-refractivity contribution is 8.00. The first-order valence-electron chi connectivity index (χ1n) is 4.82. The average molecular weight is 235 g/mol. The molecule has 0 saturated heterocycles. The minimum Gasteiger partial charge on any atom is -0.326 e. The number of thioether (sulfide) groups is 1. The Morgan fingerprint density at radius 3 is 2.40 bits per heavy atom. The summed E-state index contributed by atoms with van der Waals surface area (Å²) in [6.07, 6.45) is 0. The first-order valence-corrected chi connectivity index (χ1v) is 6.69. The zero-order valence-electron chi connectivity index (χ0n) is 8.35. The van der Waals surface area contributed by atoms with Gasteiger partial charge in [0.15, 0.2) is 0 Å². The quantitative estimate of drug-likeness (QED) is 0.821. The summed E-state index contributed by atoms with van der Waals surface area (Å²) in [5.41, 5.74) is 8.09. The predicted octanol–water partition coefficient (Wildman–Crippen LogP) is 3.50. The van der Waals surface area contributed by atoms with Crippen LogP contribution in [0.15, 0.2) is 46.0 Å². The molecule has 78 valence electrons. The predicted molar refractivity (Wildman–Crippen MR) is 68.2 cm³/mol. The molecule has 2 N–H and O–H groups in total. The largest absolute Gasteiger partial charge is 0.326 e. The summed E-state index contributed by atoms with van der Waals surface area (Å²) in [5, 5.41) is 2.11. The van der Waals surface area contributed by atoms with Crippen LogP contribution in [0.1, 0.15) is 11.1 Å². The van der Waals surface area contributed by atoms with Gasteiger partial charge in [-0.3, -0.25) is 0 Å². The number of hydrogen-bond donors (Lipinski definition) is 1. The molecule has 0 aliphatic heterocycles. The smallest absolute Gasteiger partial charge is 0.0601 e. The van der Waals surface area contributed by atoms with Crippen LogP contribution in [0.3, 0.4) is 0 Å². The summed E-state index contributed by atoms with van der Waals surface area (Å²) in [4.78, 5) is 0. The molecular weight excluding hydrogens is 222 g/mol. The van der Waals surface area contributed by atoms with Crippen LogP contribution in [0, 0.1) is 0 Å². The fourth-order valence-electron chi connectivity index (χ4n) is 1.27. The van der Waals surface area contributed by atoms with Crippen molar-refractivity contribution in [1.82, 2.24) is 0 Å². The summed E-state index contributed by atoms with van der Waals surface area (Å²) in [6.45, 7) is 0.623. The van der Waals surface area contributed by atoms with E-state index < -0.39 is 0 Å². The first kappa shape index (κ1) is 10.7. The monoisotopic (exact) mass is 235 g/mol. The molecule has 0 spiro atoms. The summed E-state index contributed by atoms with van der Waals surface area (Å²) in [5.74, 6) is 1.03. The van der Waals surface area contributed by atoms with E-state index in [2.05, 4.69) is 41.8 Å².